The van der Waals surface area contributed by atoms with Crippen molar-refractivity contribution in [3.8, 4) is 5.75 Å². The van der Waals surface area contributed by atoms with Crippen molar-refractivity contribution in [2.24, 2.45) is 5.92 Å². The van der Waals surface area contributed by atoms with E-state index in [1.807, 2.05) is 31.2 Å². The first-order chi connectivity index (χ1) is 16.9. The maximum absolute atomic E-state index is 13.6. The second-order valence-corrected chi connectivity index (χ2v) is 8.42. The molecular formula is C27H26FN3O4. The number of benzene rings is 3. The lowest BCUT2D eigenvalue weighted by Crippen LogP contribution is -2.32. The van der Waals surface area contributed by atoms with Crippen LogP contribution < -0.4 is 20.3 Å². The Bertz CT molecular complexity index is 1210. The summed E-state index contributed by atoms with van der Waals surface area (Å²) in [4.78, 5) is 38.7. The van der Waals surface area contributed by atoms with Crippen LogP contribution in [0.3, 0.4) is 0 Å². The Kier molecular flexibility index (Phi) is 7.40. The summed E-state index contributed by atoms with van der Waals surface area (Å²) < 4.78 is 19.1. The predicted octanol–water partition coefficient (Wildman–Crippen LogP) is 3.82. The highest BCUT2D eigenvalue weighted by molar-refractivity contribution is 6.00. The average Bonchev–Trinajstić information content (AvgIpc) is 3.25. The molecule has 7 nitrogen and oxygen atoms in total. The van der Waals surface area contributed by atoms with Gasteiger partial charge >= 0.3 is 0 Å². The zero-order valence-electron chi connectivity index (χ0n) is 19.3. The number of anilines is 2. The first-order valence-corrected chi connectivity index (χ1v) is 11.3. The molecule has 0 spiro atoms. The number of para-hydroxylation sites is 1. The topological polar surface area (TPSA) is 87.7 Å². The van der Waals surface area contributed by atoms with Crippen LogP contribution >= 0.6 is 0 Å². The number of carbonyl (C=O) groups is 3. The number of nitrogens with one attached hydrogen (secondary N) is 2. The molecule has 3 aromatic rings. The molecule has 0 aromatic heterocycles. The Labute approximate surface area is 202 Å². The minimum atomic E-state index is -0.525. The normalized spacial score (nSPS) is 15.1. The number of halogens is 1. The van der Waals surface area contributed by atoms with Gasteiger partial charge in [-0.05, 0) is 48.9 Å². The molecule has 1 heterocycles. The number of carbonyl (C=O) groups excluding carboxylic acids is 3. The van der Waals surface area contributed by atoms with Gasteiger partial charge in [0.1, 0.15) is 11.6 Å². The smallest absolute Gasteiger partial charge is 0.262 e. The molecule has 0 bridgehead atoms. The lowest BCUT2D eigenvalue weighted by atomic mass is 10.1. The van der Waals surface area contributed by atoms with Crippen molar-refractivity contribution in [2.75, 3.05) is 23.4 Å². The van der Waals surface area contributed by atoms with Gasteiger partial charge < -0.3 is 20.3 Å². The monoisotopic (exact) mass is 475 g/mol. The fourth-order valence-electron chi connectivity index (χ4n) is 3.79. The van der Waals surface area contributed by atoms with Gasteiger partial charge in [0.05, 0.1) is 11.6 Å². The molecule has 0 aliphatic carbocycles. The Morgan fingerprint density at radius 2 is 1.74 bits per heavy atom. The third-order valence-electron chi connectivity index (χ3n) is 5.75. The summed E-state index contributed by atoms with van der Waals surface area (Å²) in [5, 5.41) is 5.36. The summed E-state index contributed by atoms with van der Waals surface area (Å²) in [5.74, 6) is -1.29. The Morgan fingerprint density at radius 3 is 2.46 bits per heavy atom. The molecule has 1 fully saturated rings. The van der Waals surface area contributed by atoms with Crippen molar-refractivity contribution in [1.29, 1.82) is 0 Å². The zero-order chi connectivity index (χ0) is 24.8. The van der Waals surface area contributed by atoms with E-state index in [9.17, 15) is 18.8 Å². The molecule has 0 radical (unpaired) electrons. The first kappa shape index (κ1) is 23.9. The molecule has 3 aromatic carbocycles. The minimum Gasteiger partial charge on any atom is -0.484 e. The molecule has 4 rings (SSSR count). The molecule has 3 amide bonds. The van der Waals surface area contributed by atoms with Gasteiger partial charge in [-0.3, -0.25) is 14.4 Å². The maximum atomic E-state index is 13.6. The number of amides is 3. The van der Waals surface area contributed by atoms with Crippen LogP contribution in [0.15, 0.2) is 72.8 Å². The van der Waals surface area contributed by atoms with Crippen molar-refractivity contribution in [3.05, 3.63) is 89.7 Å². The Hall–Kier alpha value is -4.20. The van der Waals surface area contributed by atoms with Crippen LogP contribution in [-0.2, 0) is 20.9 Å². The van der Waals surface area contributed by atoms with Crippen molar-refractivity contribution < 1.29 is 23.5 Å². The van der Waals surface area contributed by atoms with Crippen LogP contribution in [0.25, 0.3) is 0 Å². The van der Waals surface area contributed by atoms with Crippen LogP contribution in [0.5, 0.6) is 5.75 Å². The number of hydrogen-bond acceptors (Lipinski definition) is 4. The largest absolute Gasteiger partial charge is 0.484 e. The van der Waals surface area contributed by atoms with Crippen LogP contribution in [0, 0.1) is 18.7 Å². The average molecular weight is 476 g/mol. The summed E-state index contributed by atoms with van der Waals surface area (Å²) in [6.45, 7) is 2.43. The van der Waals surface area contributed by atoms with Gasteiger partial charge in [0.15, 0.2) is 6.61 Å². The highest BCUT2D eigenvalue weighted by Gasteiger charge is 2.35. The van der Waals surface area contributed by atoms with Crippen LogP contribution in [0.4, 0.5) is 15.8 Å². The first-order valence-electron chi connectivity index (χ1n) is 11.3. The van der Waals surface area contributed by atoms with E-state index in [1.54, 1.807) is 35.2 Å². The van der Waals surface area contributed by atoms with E-state index < -0.39 is 17.6 Å². The molecule has 8 heteroatoms. The van der Waals surface area contributed by atoms with Crippen molar-refractivity contribution in [3.63, 3.8) is 0 Å². The SMILES string of the molecule is Cc1ccc(CNC(=O)C2CC(=O)N(c3ccc(OCC(=O)Nc4ccccc4F)cc3)C2)cc1. The fourth-order valence-corrected chi connectivity index (χ4v) is 3.79. The lowest BCUT2D eigenvalue weighted by molar-refractivity contribution is -0.126. The van der Waals surface area contributed by atoms with E-state index in [2.05, 4.69) is 10.6 Å². The van der Waals surface area contributed by atoms with E-state index in [4.69, 9.17) is 4.74 Å². The van der Waals surface area contributed by atoms with Crippen LogP contribution in [-0.4, -0.2) is 30.9 Å². The molecule has 2 N–H and O–H groups in total. The van der Waals surface area contributed by atoms with Crippen molar-refractivity contribution in [2.45, 2.75) is 19.9 Å². The molecule has 180 valence electrons. The highest BCUT2D eigenvalue weighted by Crippen LogP contribution is 2.27. The van der Waals surface area contributed by atoms with Crippen LogP contribution in [0.2, 0.25) is 0 Å². The zero-order valence-corrected chi connectivity index (χ0v) is 19.3. The van der Waals surface area contributed by atoms with Crippen molar-refractivity contribution in [1.82, 2.24) is 5.32 Å². The van der Waals surface area contributed by atoms with Crippen LogP contribution in [0.1, 0.15) is 17.5 Å². The van der Waals surface area contributed by atoms with Crippen molar-refractivity contribution >= 4 is 29.1 Å². The number of hydrogen-bond donors (Lipinski definition) is 2. The number of rotatable bonds is 8. The number of ether oxygens (including phenoxy) is 1. The summed E-state index contributed by atoms with van der Waals surface area (Å²) in [6.07, 6.45) is 0.147. The van der Waals surface area contributed by atoms with E-state index in [0.29, 0.717) is 24.5 Å². The molecule has 1 aliphatic heterocycles. The highest BCUT2D eigenvalue weighted by atomic mass is 19.1. The summed E-state index contributed by atoms with van der Waals surface area (Å²) >= 11 is 0. The predicted molar refractivity (Wildman–Crippen MR) is 130 cm³/mol. The quantitative estimate of drug-likeness (QED) is 0.519. The molecular weight excluding hydrogens is 449 g/mol. The Morgan fingerprint density at radius 1 is 1.03 bits per heavy atom. The minimum absolute atomic E-state index is 0.0847. The van der Waals surface area contributed by atoms with Gasteiger partial charge in [0.2, 0.25) is 11.8 Å². The van der Waals surface area contributed by atoms with Gasteiger partial charge in [-0.1, -0.05) is 42.0 Å². The number of aryl methyl sites for hydroxylation is 1. The van der Waals surface area contributed by atoms with Gasteiger partial charge in [-0.25, -0.2) is 4.39 Å². The fraction of sp³-hybridized carbons (Fsp3) is 0.222. The van der Waals surface area contributed by atoms with E-state index in [1.165, 1.54) is 18.2 Å². The second-order valence-electron chi connectivity index (χ2n) is 8.42. The van der Waals surface area contributed by atoms with E-state index >= 15 is 0 Å². The van der Waals surface area contributed by atoms with Gasteiger partial charge in [0, 0.05) is 25.2 Å². The van der Waals surface area contributed by atoms with Gasteiger partial charge in [0.25, 0.3) is 5.91 Å². The third kappa shape index (κ3) is 6.23. The maximum Gasteiger partial charge on any atom is 0.262 e. The summed E-state index contributed by atoms with van der Waals surface area (Å²) in [6, 6.07) is 20.5. The molecule has 0 saturated carbocycles. The third-order valence-corrected chi connectivity index (χ3v) is 5.75. The molecule has 1 atom stereocenters. The summed E-state index contributed by atoms with van der Waals surface area (Å²) in [7, 11) is 0. The Balaban J connectivity index is 1.27. The molecule has 35 heavy (non-hydrogen) atoms. The second kappa shape index (κ2) is 10.8. The van der Waals surface area contributed by atoms with E-state index in [-0.39, 0.29) is 30.5 Å². The van der Waals surface area contributed by atoms with E-state index in [0.717, 1.165) is 11.1 Å². The molecule has 1 unspecified atom stereocenters. The van der Waals surface area contributed by atoms with Gasteiger partial charge in [-0.2, -0.15) is 0 Å². The molecule has 1 saturated heterocycles. The lowest BCUT2D eigenvalue weighted by Gasteiger charge is -2.17. The van der Waals surface area contributed by atoms with Gasteiger partial charge in [-0.15, -0.1) is 0 Å². The molecule has 1 aliphatic rings. The standard InChI is InChI=1S/C27H26FN3O4/c1-18-6-8-19(9-7-18)15-29-27(34)20-14-26(33)31(16-20)21-10-12-22(13-11-21)35-17-25(32)30-24-5-3-2-4-23(24)28/h2-13,20H,14-17H2,1H3,(H,29,34)(H,30,32). The number of nitrogens with zero attached hydrogens (tertiary/aromatic N) is 1. The summed E-state index contributed by atoms with van der Waals surface area (Å²) in [5.41, 5.74) is 2.89.